The van der Waals surface area contributed by atoms with E-state index < -0.39 is 0 Å². The molecule has 0 aliphatic heterocycles. The molecule has 3 nitrogen and oxygen atoms in total. The number of carbonyl (C=O) groups is 1. The maximum atomic E-state index is 11.3. The van der Waals surface area contributed by atoms with E-state index in [-0.39, 0.29) is 11.9 Å². The molecule has 2 unspecified atom stereocenters. The van der Waals surface area contributed by atoms with Gasteiger partial charge in [0.05, 0.1) is 6.10 Å². The summed E-state index contributed by atoms with van der Waals surface area (Å²) >= 11 is 0. The first kappa shape index (κ1) is 14.1. The molecule has 0 bridgehead atoms. The SMILES string of the molecule is COC1CCCC(Oc2ccc(C(C)=O)cc2C)C1. The number of ketones is 1. The molecule has 0 radical (unpaired) electrons. The summed E-state index contributed by atoms with van der Waals surface area (Å²) in [6.07, 6.45) is 4.83. The van der Waals surface area contributed by atoms with E-state index in [1.165, 1.54) is 0 Å². The molecule has 19 heavy (non-hydrogen) atoms. The van der Waals surface area contributed by atoms with Crippen LogP contribution in [0, 0.1) is 6.92 Å². The van der Waals surface area contributed by atoms with Crippen molar-refractivity contribution in [2.75, 3.05) is 7.11 Å². The van der Waals surface area contributed by atoms with Crippen LogP contribution in [0.5, 0.6) is 5.75 Å². The van der Waals surface area contributed by atoms with Gasteiger partial charge in [-0.15, -0.1) is 0 Å². The molecule has 0 aromatic heterocycles. The van der Waals surface area contributed by atoms with Gasteiger partial charge < -0.3 is 9.47 Å². The molecule has 1 aromatic carbocycles. The smallest absolute Gasteiger partial charge is 0.159 e. The zero-order valence-electron chi connectivity index (χ0n) is 11.9. The number of rotatable bonds is 4. The maximum absolute atomic E-state index is 11.3. The monoisotopic (exact) mass is 262 g/mol. The fourth-order valence-corrected chi connectivity index (χ4v) is 2.60. The van der Waals surface area contributed by atoms with Gasteiger partial charge in [0, 0.05) is 19.1 Å². The second kappa shape index (κ2) is 6.20. The Morgan fingerprint density at radius 1 is 1.26 bits per heavy atom. The number of benzene rings is 1. The molecule has 104 valence electrons. The van der Waals surface area contributed by atoms with Crippen LogP contribution in [0.3, 0.4) is 0 Å². The first-order valence-corrected chi connectivity index (χ1v) is 6.91. The average Bonchev–Trinajstić information content (AvgIpc) is 2.41. The van der Waals surface area contributed by atoms with Crippen LogP contribution in [-0.2, 0) is 4.74 Å². The molecule has 3 heteroatoms. The molecule has 2 atom stereocenters. The number of carbonyl (C=O) groups excluding carboxylic acids is 1. The third kappa shape index (κ3) is 3.57. The molecule has 1 aromatic rings. The van der Waals surface area contributed by atoms with Gasteiger partial charge >= 0.3 is 0 Å². The highest BCUT2D eigenvalue weighted by molar-refractivity contribution is 5.94. The standard InChI is InChI=1S/C16H22O3/c1-11-9-13(12(2)17)7-8-16(11)19-15-6-4-5-14(10-15)18-3/h7-9,14-15H,4-6,10H2,1-3H3. The van der Waals surface area contributed by atoms with Crippen molar-refractivity contribution in [3.05, 3.63) is 29.3 Å². The van der Waals surface area contributed by atoms with Gasteiger partial charge in [-0.05, 0) is 56.9 Å². The molecule has 0 heterocycles. The summed E-state index contributed by atoms with van der Waals surface area (Å²) in [5.41, 5.74) is 1.76. The topological polar surface area (TPSA) is 35.5 Å². The Hall–Kier alpha value is -1.35. The highest BCUT2D eigenvalue weighted by atomic mass is 16.5. The van der Waals surface area contributed by atoms with Gasteiger partial charge in [0.1, 0.15) is 11.9 Å². The van der Waals surface area contributed by atoms with E-state index in [2.05, 4.69) is 0 Å². The molecule has 1 aliphatic carbocycles. The van der Waals surface area contributed by atoms with Crippen LogP contribution >= 0.6 is 0 Å². The van der Waals surface area contributed by atoms with Crippen LogP contribution in [0.4, 0.5) is 0 Å². The lowest BCUT2D eigenvalue weighted by Crippen LogP contribution is -2.29. The summed E-state index contributed by atoms with van der Waals surface area (Å²) in [6.45, 7) is 3.57. The highest BCUT2D eigenvalue weighted by Gasteiger charge is 2.23. The highest BCUT2D eigenvalue weighted by Crippen LogP contribution is 2.27. The van der Waals surface area contributed by atoms with Crippen molar-refractivity contribution in [3.8, 4) is 5.75 Å². The molecule has 1 aliphatic rings. The Balaban J connectivity index is 2.04. The van der Waals surface area contributed by atoms with E-state index in [1.807, 2.05) is 25.1 Å². The van der Waals surface area contributed by atoms with Crippen LogP contribution in [0.1, 0.15) is 48.5 Å². The first-order valence-electron chi connectivity index (χ1n) is 6.91. The molecule has 2 rings (SSSR count). The van der Waals surface area contributed by atoms with Crippen molar-refractivity contribution in [1.82, 2.24) is 0 Å². The van der Waals surface area contributed by atoms with E-state index in [9.17, 15) is 4.79 Å². The zero-order valence-corrected chi connectivity index (χ0v) is 11.9. The van der Waals surface area contributed by atoms with Gasteiger partial charge in [0.25, 0.3) is 0 Å². The fourth-order valence-electron chi connectivity index (χ4n) is 2.60. The zero-order chi connectivity index (χ0) is 13.8. The van der Waals surface area contributed by atoms with Gasteiger partial charge in [0.15, 0.2) is 5.78 Å². The van der Waals surface area contributed by atoms with Crippen molar-refractivity contribution in [2.24, 2.45) is 0 Å². The van der Waals surface area contributed by atoms with Gasteiger partial charge in [-0.3, -0.25) is 4.79 Å². The van der Waals surface area contributed by atoms with E-state index in [0.717, 1.165) is 42.6 Å². The molecule has 0 amide bonds. The fraction of sp³-hybridized carbons (Fsp3) is 0.562. The lowest BCUT2D eigenvalue weighted by molar-refractivity contribution is 0.0207. The van der Waals surface area contributed by atoms with Crippen molar-refractivity contribution >= 4 is 5.78 Å². The van der Waals surface area contributed by atoms with Crippen LogP contribution in [-0.4, -0.2) is 25.1 Å². The Kier molecular flexibility index (Phi) is 4.59. The lowest BCUT2D eigenvalue weighted by Gasteiger charge is -2.29. The maximum Gasteiger partial charge on any atom is 0.159 e. The second-order valence-corrected chi connectivity index (χ2v) is 5.30. The summed E-state index contributed by atoms with van der Waals surface area (Å²) < 4.78 is 11.5. The molecule has 1 saturated carbocycles. The quantitative estimate of drug-likeness (QED) is 0.779. The normalized spacial score (nSPS) is 23.1. The molecule has 0 N–H and O–H groups in total. The number of aryl methyl sites for hydroxylation is 1. The summed E-state index contributed by atoms with van der Waals surface area (Å²) in [5, 5.41) is 0. The summed E-state index contributed by atoms with van der Waals surface area (Å²) in [5.74, 6) is 0.971. The molecular weight excluding hydrogens is 240 g/mol. The minimum atomic E-state index is 0.0896. The molecule has 0 saturated heterocycles. The third-order valence-corrected chi connectivity index (χ3v) is 3.79. The lowest BCUT2D eigenvalue weighted by atomic mass is 9.95. The number of hydrogen-bond acceptors (Lipinski definition) is 3. The minimum Gasteiger partial charge on any atom is -0.490 e. The van der Waals surface area contributed by atoms with Crippen LogP contribution in [0.2, 0.25) is 0 Å². The minimum absolute atomic E-state index is 0.0896. The summed E-state index contributed by atoms with van der Waals surface area (Å²) in [4.78, 5) is 11.3. The molecule has 0 spiro atoms. The second-order valence-electron chi connectivity index (χ2n) is 5.30. The van der Waals surface area contributed by atoms with Crippen molar-refractivity contribution in [3.63, 3.8) is 0 Å². The van der Waals surface area contributed by atoms with Crippen LogP contribution in [0.15, 0.2) is 18.2 Å². The first-order chi connectivity index (χ1) is 9.10. The number of methoxy groups -OCH3 is 1. The molecule has 1 fully saturated rings. The number of Topliss-reactive ketones (excluding diaryl/α,β-unsaturated/α-hetero) is 1. The summed E-state index contributed by atoms with van der Waals surface area (Å²) in [6, 6.07) is 5.64. The van der Waals surface area contributed by atoms with Crippen molar-refractivity contribution in [2.45, 2.75) is 51.7 Å². The third-order valence-electron chi connectivity index (χ3n) is 3.79. The van der Waals surface area contributed by atoms with E-state index in [0.29, 0.717) is 6.10 Å². The van der Waals surface area contributed by atoms with Gasteiger partial charge in [-0.1, -0.05) is 0 Å². The van der Waals surface area contributed by atoms with Crippen LogP contribution < -0.4 is 4.74 Å². The predicted molar refractivity (Wildman–Crippen MR) is 74.9 cm³/mol. The van der Waals surface area contributed by atoms with E-state index in [4.69, 9.17) is 9.47 Å². The summed E-state index contributed by atoms with van der Waals surface area (Å²) in [7, 11) is 1.76. The number of hydrogen-bond donors (Lipinski definition) is 0. The molecular formula is C16H22O3. The van der Waals surface area contributed by atoms with Gasteiger partial charge in [-0.25, -0.2) is 0 Å². The predicted octanol–water partition coefficient (Wildman–Crippen LogP) is 3.53. The van der Waals surface area contributed by atoms with E-state index in [1.54, 1.807) is 14.0 Å². The number of ether oxygens (including phenoxy) is 2. The van der Waals surface area contributed by atoms with Crippen LogP contribution in [0.25, 0.3) is 0 Å². The van der Waals surface area contributed by atoms with Gasteiger partial charge in [0.2, 0.25) is 0 Å². The van der Waals surface area contributed by atoms with Crippen molar-refractivity contribution < 1.29 is 14.3 Å². The Bertz CT molecular complexity index is 453. The Labute approximate surface area is 114 Å². The van der Waals surface area contributed by atoms with Crippen molar-refractivity contribution in [1.29, 1.82) is 0 Å². The van der Waals surface area contributed by atoms with E-state index >= 15 is 0 Å². The average molecular weight is 262 g/mol. The van der Waals surface area contributed by atoms with Gasteiger partial charge in [-0.2, -0.15) is 0 Å². The Morgan fingerprint density at radius 2 is 2.00 bits per heavy atom. The largest absolute Gasteiger partial charge is 0.490 e. The Morgan fingerprint density at radius 3 is 2.63 bits per heavy atom.